The number of hydrogen-bond donors (Lipinski definition) is 0. The lowest BCUT2D eigenvalue weighted by atomic mass is 10.1. The Hall–Kier alpha value is -2.60. The zero-order chi connectivity index (χ0) is 19.6. The number of benzene rings is 2. The zero-order valence-corrected chi connectivity index (χ0v) is 17.1. The molecule has 3 rings (SSSR count). The maximum absolute atomic E-state index is 12.8. The van der Waals surface area contributed by atoms with Crippen LogP contribution in [0.4, 0.5) is 0 Å². The van der Waals surface area contributed by atoms with Crippen molar-refractivity contribution < 1.29 is 14.3 Å². The largest absolute Gasteiger partial charge is 0.495 e. The molecule has 0 fully saturated rings. The molecule has 27 heavy (non-hydrogen) atoms. The molecule has 0 spiro atoms. The van der Waals surface area contributed by atoms with Gasteiger partial charge in [-0.05, 0) is 55.7 Å². The third-order valence-electron chi connectivity index (χ3n) is 4.59. The van der Waals surface area contributed by atoms with Crippen molar-refractivity contribution in [1.82, 2.24) is 4.57 Å². The molecule has 0 atom stereocenters. The summed E-state index contributed by atoms with van der Waals surface area (Å²) in [6, 6.07) is 9.43. The topological polar surface area (TPSA) is 52.8 Å². The minimum absolute atomic E-state index is 0.243. The van der Waals surface area contributed by atoms with E-state index in [1.807, 2.05) is 48.7 Å². The second-order valence-electron chi connectivity index (χ2n) is 6.40. The van der Waals surface area contributed by atoms with E-state index >= 15 is 0 Å². The van der Waals surface area contributed by atoms with E-state index in [-0.39, 0.29) is 5.91 Å². The quantitative estimate of drug-likeness (QED) is 0.651. The maximum atomic E-state index is 12.8. The summed E-state index contributed by atoms with van der Waals surface area (Å²) in [4.78, 5) is 17.9. The average molecular weight is 385 g/mol. The Morgan fingerprint density at radius 3 is 2.41 bits per heavy atom. The summed E-state index contributed by atoms with van der Waals surface area (Å²) in [5.41, 5.74) is 3.74. The molecule has 0 aliphatic carbocycles. The Kier molecular flexibility index (Phi) is 5.65. The normalized spacial score (nSPS) is 11.8. The summed E-state index contributed by atoms with van der Waals surface area (Å²) < 4.78 is 14.0. The number of nitrogens with zero attached hydrogens (tertiary/aromatic N) is 2. The molecular weight excluding hydrogens is 360 g/mol. The van der Waals surface area contributed by atoms with Gasteiger partial charge in [0.2, 0.25) is 0 Å². The van der Waals surface area contributed by atoms with Crippen LogP contribution in [0.2, 0.25) is 0 Å². The van der Waals surface area contributed by atoms with E-state index in [0.717, 1.165) is 45.8 Å². The molecule has 5 nitrogen and oxygen atoms in total. The third kappa shape index (κ3) is 3.62. The number of carbonyl (C=O) groups is 1. The van der Waals surface area contributed by atoms with Gasteiger partial charge in [-0.3, -0.25) is 4.79 Å². The molecule has 0 aliphatic heterocycles. The first-order valence-electron chi connectivity index (χ1n) is 8.90. The Labute approximate surface area is 162 Å². The van der Waals surface area contributed by atoms with Crippen molar-refractivity contribution in [3.05, 3.63) is 51.8 Å². The lowest BCUT2D eigenvalue weighted by molar-refractivity contribution is 0.0997. The van der Waals surface area contributed by atoms with Gasteiger partial charge in [-0.25, -0.2) is 0 Å². The van der Waals surface area contributed by atoms with Crippen molar-refractivity contribution in [1.29, 1.82) is 0 Å². The smallest absolute Gasteiger partial charge is 0.279 e. The number of aryl methyl sites for hydroxylation is 3. The molecule has 0 saturated carbocycles. The van der Waals surface area contributed by atoms with E-state index < -0.39 is 0 Å². The summed E-state index contributed by atoms with van der Waals surface area (Å²) in [6.07, 6.45) is 0.914. The molecule has 0 unspecified atom stereocenters. The van der Waals surface area contributed by atoms with Gasteiger partial charge < -0.3 is 14.0 Å². The fourth-order valence-corrected chi connectivity index (χ4v) is 4.16. The van der Waals surface area contributed by atoms with Crippen molar-refractivity contribution in [2.45, 2.75) is 33.7 Å². The fourth-order valence-electron chi connectivity index (χ4n) is 3.00. The van der Waals surface area contributed by atoms with Crippen molar-refractivity contribution >= 4 is 27.5 Å². The van der Waals surface area contributed by atoms with Gasteiger partial charge >= 0.3 is 0 Å². The Morgan fingerprint density at radius 2 is 1.78 bits per heavy atom. The van der Waals surface area contributed by atoms with Gasteiger partial charge in [-0.2, -0.15) is 4.99 Å². The van der Waals surface area contributed by atoms with E-state index in [1.54, 1.807) is 14.2 Å². The molecule has 0 saturated heterocycles. The molecule has 1 amide bonds. The minimum atomic E-state index is -0.243. The highest BCUT2D eigenvalue weighted by Gasteiger charge is 2.16. The second-order valence-corrected chi connectivity index (χ2v) is 7.38. The van der Waals surface area contributed by atoms with E-state index in [2.05, 4.69) is 11.9 Å². The number of fused-ring (bicyclic) bond motifs is 1. The lowest BCUT2D eigenvalue weighted by Gasteiger charge is -2.09. The van der Waals surface area contributed by atoms with Gasteiger partial charge in [-0.1, -0.05) is 24.3 Å². The molecule has 1 aromatic heterocycles. The number of aromatic nitrogens is 1. The van der Waals surface area contributed by atoms with E-state index in [4.69, 9.17) is 9.47 Å². The van der Waals surface area contributed by atoms with Gasteiger partial charge in [0, 0.05) is 12.1 Å². The summed E-state index contributed by atoms with van der Waals surface area (Å²) in [7, 11) is 3.29. The number of carbonyl (C=O) groups excluding carboxylic acids is 1. The molecule has 0 radical (unpaired) electrons. The predicted octanol–water partition coefficient (Wildman–Crippen LogP) is 4.49. The number of ether oxygens (including phenoxy) is 2. The maximum Gasteiger partial charge on any atom is 0.279 e. The summed E-state index contributed by atoms with van der Waals surface area (Å²) in [5, 5.41) is 0. The molecule has 0 N–H and O–H groups in total. The second kappa shape index (κ2) is 7.96. The molecule has 0 aliphatic rings. The van der Waals surface area contributed by atoms with Gasteiger partial charge in [0.1, 0.15) is 21.7 Å². The highest BCUT2D eigenvalue weighted by atomic mass is 32.1. The van der Waals surface area contributed by atoms with Gasteiger partial charge in [0.15, 0.2) is 4.80 Å². The molecule has 1 heterocycles. The third-order valence-corrected chi connectivity index (χ3v) is 5.68. The molecule has 2 aromatic carbocycles. The van der Waals surface area contributed by atoms with Crippen LogP contribution in [0.1, 0.15) is 34.8 Å². The number of amides is 1. The van der Waals surface area contributed by atoms with E-state index in [9.17, 15) is 4.79 Å². The molecule has 6 heteroatoms. The molecule has 142 valence electrons. The summed E-state index contributed by atoms with van der Waals surface area (Å²) >= 11 is 1.45. The highest BCUT2D eigenvalue weighted by molar-refractivity contribution is 7.16. The van der Waals surface area contributed by atoms with Crippen LogP contribution >= 0.6 is 11.3 Å². The van der Waals surface area contributed by atoms with Crippen LogP contribution in [-0.2, 0) is 6.54 Å². The number of rotatable bonds is 5. The van der Waals surface area contributed by atoms with Gasteiger partial charge in [0.05, 0.1) is 14.2 Å². The van der Waals surface area contributed by atoms with Gasteiger partial charge in [0.25, 0.3) is 5.91 Å². The summed E-state index contributed by atoms with van der Waals surface area (Å²) in [6.45, 7) is 6.86. The van der Waals surface area contributed by atoms with Crippen LogP contribution in [0.15, 0.2) is 35.3 Å². The van der Waals surface area contributed by atoms with Crippen LogP contribution in [0.25, 0.3) is 10.2 Å². The number of methoxy groups -OCH3 is 2. The highest BCUT2D eigenvalue weighted by Crippen LogP contribution is 2.35. The number of thiazole rings is 1. The monoisotopic (exact) mass is 384 g/mol. The van der Waals surface area contributed by atoms with Crippen LogP contribution in [0, 0.1) is 13.8 Å². The SMILES string of the molecule is CCCn1c(=NC(=O)c2ccc(C)c(C)c2)sc2c(OC)ccc(OC)c21. The van der Waals surface area contributed by atoms with Crippen molar-refractivity contribution in [2.24, 2.45) is 4.99 Å². The number of hydrogen-bond acceptors (Lipinski definition) is 4. The fraction of sp³-hybridized carbons (Fsp3) is 0.333. The Balaban J connectivity index is 2.23. The van der Waals surface area contributed by atoms with E-state index in [0.29, 0.717) is 10.4 Å². The Bertz CT molecular complexity index is 1060. The van der Waals surface area contributed by atoms with Crippen LogP contribution < -0.4 is 14.3 Å². The lowest BCUT2D eigenvalue weighted by Crippen LogP contribution is -2.17. The molecule has 3 aromatic rings. The zero-order valence-electron chi connectivity index (χ0n) is 16.3. The van der Waals surface area contributed by atoms with Crippen molar-refractivity contribution in [2.75, 3.05) is 14.2 Å². The van der Waals surface area contributed by atoms with Gasteiger partial charge in [-0.15, -0.1) is 0 Å². The first-order chi connectivity index (χ1) is 13.0. The van der Waals surface area contributed by atoms with Crippen molar-refractivity contribution in [3.63, 3.8) is 0 Å². The molecule has 0 bridgehead atoms. The predicted molar refractivity (Wildman–Crippen MR) is 109 cm³/mol. The average Bonchev–Trinajstić information content (AvgIpc) is 3.01. The van der Waals surface area contributed by atoms with Crippen LogP contribution in [0.5, 0.6) is 11.5 Å². The standard InChI is InChI=1S/C21H24N2O3S/c1-6-11-23-18-16(25-4)9-10-17(26-5)19(18)27-21(23)22-20(24)15-8-7-13(2)14(3)12-15/h7-10,12H,6,11H2,1-5H3. The minimum Gasteiger partial charge on any atom is -0.495 e. The van der Waals surface area contributed by atoms with Crippen molar-refractivity contribution in [3.8, 4) is 11.5 Å². The Morgan fingerprint density at radius 1 is 1.07 bits per heavy atom. The first kappa shape index (κ1) is 19.2. The van der Waals surface area contributed by atoms with Crippen LogP contribution in [0.3, 0.4) is 0 Å². The van der Waals surface area contributed by atoms with E-state index in [1.165, 1.54) is 11.3 Å². The molecular formula is C21H24N2O3S. The first-order valence-corrected chi connectivity index (χ1v) is 9.72. The van der Waals surface area contributed by atoms with Crippen LogP contribution in [-0.4, -0.2) is 24.7 Å². The summed E-state index contributed by atoms with van der Waals surface area (Å²) in [5.74, 6) is 1.25.